The summed E-state index contributed by atoms with van der Waals surface area (Å²) in [5.41, 5.74) is 5.54. The molecule has 0 bridgehead atoms. The van der Waals surface area contributed by atoms with E-state index >= 15 is 0 Å². The number of hydrogen-bond acceptors (Lipinski definition) is 4. The van der Waals surface area contributed by atoms with Crippen LogP contribution in [0.4, 0.5) is 11.6 Å². The molecule has 0 aliphatic rings. The lowest BCUT2D eigenvalue weighted by atomic mass is 10.2. The zero-order valence-corrected chi connectivity index (χ0v) is 15.5. The van der Waals surface area contributed by atoms with Crippen LogP contribution in [-0.4, -0.2) is 16.5 Å². The number of ether oxygens (including phenoxy) is 1. The van der Waals surface area contributed by atoms with Crippen molar-refractivity contribution in [3.05, 3.63) is 65.1 Å². The molecule has 0 spiro atoms. The summed E-state index contributed by atoms with van der Waals surface area (Å²) in [6.45, 7) is 3.98. The van der Waals surface area contributed by atoms with E-state index in [9.17, 15) is 0 Å². The monoisotopic (exact) mass is 367 g/mol. The maximum absolute atomic E-state index is 6.34. The summed E-state index contributed by atoms with van der Waals surface area (Å²) in [6, 6.07) is 11.5. The second-order valence-electron chi connectivity index (χ2n) is 6.16. The summed E-state index contributed by atoms with van der Waals surface area (Å²) >= 11 is 6.34. The summed E-state index contributed by atoms with van der Waals surface area (Å²) < 4.78 is 12.9. The van der Waals surface area contributed by atoms with Crippen LogP contribution in [0.1, 0.15) is 11.3 Å². The fourth-order valence-electron chi connectivity index (χ4n) is 3.04. The Kier molecular flexibility index (Phi) is 4.09. The van der Waals surface area contributed by atoms with E-state index in [0.717, 1.165) is 39.6 Å². The first-order chi connectivity index (χ1) is 12.5. The maximum Gasteiger partial charge on any atom is 0.197 e. The number of nitrogens with one attached hydrogen (secondary N) is 1. The van der Waals surface area contributed by atoms with Crippen molar-refractivity contribution in [2.45, 2.75) is 13.8 Å². The van der Waals surface area contributed by atoms with Crippen molar-refractivity contribution in [2.75, 3.05) is 12.4 Å². The van der Waals surface area contributed by atoms with Crippen molar-refractivity contribution in [2.24, 2.45) is 0 Å². The minimum absolute atomic E-state index is 0.638. The van der Waals surface area contributed by atoms with Crippen LogP contribution in [0.15, 0.2) is 53.3 Å². The number of furan rings is 1. The van der Waals surface area contributed by atoms with Gasteiger partial charge in [-0.1, -0.05) is 11.6 Å². The first-order valence-electron chi connectivity index (χ1n) is 8.20. The van der Waals surface area contributed by atoms with Gasteiger partial charge in [-0.2, -0.15) is 0 Å². The molecule has 3 heterocycles. The standard InChI is InChI=1S/C20H18ClN3O2/c1-12-8-17(21)20-22-13(2)19(24(20)10-12)14-9-18(26-11-14)23-15-4-6-16(25-3)7-5-15/h4-11,23H,1-3H3. The average Bonchev–Trinajstić information content (AvgIpc) is 3.19. The molecule has 0 saturated carbocycles. The van der Waals surface area contributed by atoms with E-state index in [1.807, 2.05) is 60.8 Å². The zero-order valence-electron chi connectivity index (χ0n) is 14.7. The van der Waals surface area contributed by atoms with Crippen LogP contribution in [0.25, 0.3) is 16.9 Å². The highest BCUT2D eigenvalue weighted by Gasteiger charge is 2.16. The number of halogens is 1. The molecule has 3 aromatic heterocycles. The molecular formula is C20H18ClN3O2. The molecule has 132 valence electrons. The van der Waals surface area contributed by atoms with Gasteiger partial charge in [0.05, 0.1) is 23.5 Å². The van der Waals surface area contributed by atoms with Gasteiger partial charge in [-0.25, -0.2) is 4.98 Å². The second kappa shape index (κ2) is 6.42. The molecule has 4 rings (SSSR count). The van der Waals surface area contributed by atoms with Crippen LogP contribution in [-0.2, 0) is 0 Å². The van der Waals surface area contributed by atoms with Crippen LogP contribution in [0.5, 0.6) is 5.75 Å². The van der Waals surface area contributed by atoms with Gasteiger partial charge in [0.15, 0.2) is 11.5 Å². The number of pyridine rings is 1. The van der Waals surface area contributed by atoms with E-state index in [2.05, 4.69) is 10.3 Å². The number of aromatic nitrogens is 2. The average molecular weight is 368 g/mol. The Morgan fingerprint density at radius 2 is 1.92 bits per heavy atom. The Morgan fingerprint density at radius 1 is 1.15 bits per heavy atom. The largest absolute Gasteiger partial charge is 0.497 e. The normalized spacial score (nSPS) is 11.1. The Bertz CT molecular complexity index is 1080. The zero-order chi connectivity index (χ0) is 18.3. The third kappa shape index (κ3) is 2.91. The molecule has 0 radical (unpaired) electrons. The highest BCUT2D eigenvalue weighted by molar-refractivity contribution is 6.33. The summed E-state index contributed by atoms with van der Waals surface area (Å²) in [5, 5.41) is 3.89. The van der Waals surface area contributed by atoms with Gasteiger partial charge in [-0.15, -0.1) is 0 Å². The highest BCUT2D eigenvalue weighted by Crippen LogP contribution is 2.32. The van der Waals surface area contributed by atoms with E-state index < -0.39 is 0 Å². The smallest absolute Gasteiger partial charge is 0.197 e. The van der Waals surface area contributed by atoms with Crippen molar-refractivity contribution >= 4 is 28.8 Å². The predicted molar refractivity (Wildman–Crippen MR) is 104 cm³/mol. The molecule has 1 N–H and O–H groups in total. The molecule has 0 saturated heterocycles. The molecule has 0 atom stereocenters. The van der Waals surface area contributed by atoms with Crippen molar-refractivity contribution in [3.63, 3.8) is 0 Å². The topological polar surface area (TPSA) is 51.7 Å². The third-order valence-corrected chi connectivity index (χ3v) is 4.49. The van der Waals surface area contributed by atoms with Crippen LogP contribution in [0.2, 0.25) is 5.02 Å². The lowest BCUT2D eigenvalue weighted by molar-refractivity contribution is 0.415. The molecule has 1 aromatic carbocycles. The quantitative estimate of drug-likeness (QED) is 0.508. The number of anilines is 2. The SMILES string of the molecule is COc1ccc(Nc2cc(-c3c(C)nc4c(Cl)cc(C)cn34)co2)cc1. The highest BCUT2D eigenvalue weighted by atomic mass is 35.5. The Labute approximate surface area is 156 Å². The summed E-state index contributed by atoms with van der Waals surface area (Å²) in [5.74, 6) is 1.46. The van der Waals surface area contributed by atoms with Crippen molar-refractivity contribution in [3.8, 4) is 17.0 Å². The Hall–Kier alpha value is -2.92. The van der Waals surface area contributed by atoms with Crippen molar-refractivity contribution in [1.29, 1.82) is 0 Å². The van der Waals surface area contributed by atoms with Gasteiger partial charge in [-0.05, 0) is 49.7 Å². The molecule has 5 nitrogen and oxygen atoms in total. The van der Waals surface area contributed by atoms with Crippen LogP contribution in [0.3, 0.4) is 0 Å². The summed E-state index contributed by atoms with van der Waals surface area (Å²) in [7, 11) is 1.65. The second-order valence-corrected chi connectivity index (χ2v) is 6.57. The van der Waals surface area contributed by atoms with Gasteiger partial charge in [0.1, 0.15) is 12.0 Å². The Morgan fingerprint density at radius 3 is 2.65 bits per heavy atom. The fraction of sp³-hybridized carbons (Fsp3) is 0.150. The van der Waals surface area contributed by atoms with Gasteiger partial charge in [0.2, 0.25) is 0 Å². The Balaban J connectivity index is 1.69. The molecule has 0 unspecified atom stereocenters. The van der Waals surface area contributed by atoms with Crippen LogP contribution >= 0.6 is 11.6 Å². The van der Waals surface area contributed by atoms with Crippen molar-refractivity contribution in [1.82, 2.24) is 9.38 Å². The van der Waals surface area contributed by atoms with Gasteiger partial charge in [0, 0.05) is 23.5 Å². The molecule has 4 aromatic rings. The predicted octanol–water partition coefficient (Wildman–Crippen LogP) is 5.62. The number of benzene rings is 1. The number of rotatable bonds is 4. The number of imidazole rings is 1. The molecule has 0 aliphatic heterocycles. The number of nitrogens with zero attached hydrogens (tertiary/aromatic N) is 2. The van der Waals surface area contributed by atoms with E-state index in [1.54, 1.807) is 13.4 Å². The fourth-order valence-corrected chi connectivity index (χ4v) is 3.34. The van der Waals surface area contributed by atoms with Gasteiger partial charge >= 0.3 is 0 Å². The van der Waals surface area contributed by atoms with E-state index in [-0.39, 0.29) is 0 Å². The maximum atomic E-state index is 6.34. The minimum atomic E-state index is 0.638. The first-order valence-corrected chi connectivity index (χ1v) is 8.58. The number of fused-ring (bicyclic) bond motifs is 1. The van der Waals surface area contributed by atoms with E-state index in [0.29, 0.717) is 10.9 Å². The van der Waals surface area contributed by atoms with E-state index in [4.69, 9.17) is 20.8 Å². The molecule has 0 amide bonds. The number of hydrogen-bond donors (Lipinski definition) is 1. The van der Waals surface area contributed by atoms with Gasteiger partial charge in [0.25, 0.3) is 0 Å². The third-order valence-electron chi connectivity index (χ3n) is 4.22. The number of aryl methyl sites for hydroxylation is 2. The van der Waals surface area contributed by atoms with Crippen LogP contribution in [0, 0.1) is 13.8 Å². The summed E-state index contributed by atoms with van der Waals surface area (Å²) in [4.78, 5) is 4.60. The molecule has 26 heavy (non-hydrogen) atoms. The van der Waals surface area contributed by atoms with E-state index in [1.165, 1.54) is 0 Å². The summed E-state index contributed by atoms with van der Waals surface area (Å²) in [6.07, 6.45) is 3.75. The number of methoxy groups -OCH3 is 1. The molecule has 0 aliphatic carbocycles. The molecule has 6 heteroatoms. The lowest BCUT2D eigenvalue weighted by Gasteiger charge is -2.04. The first kappa shape index (κ1) is 16.5. The lowest BCUT2D eigenvalue weighted by Crippen LogP contribution is -1.91. The van der Waals surface area contributed by atoms with Crippen molar-refractivity contribution < 1.29 is 9.15 Å². The van der Waals surface area contributed by atoms with Gasteiger partial charge in [-0.3, -0.25) is 4.40 Å². The van der Waals surface area contributed by atoms with Crippen LogP contribution < -0.4 is 10.1 Å². The molecule has 0 fully saturated rings. The molecular weight excluding hydrogens is 350 g/mol. The minimum Gasteiger partial charge on any atom is -0.497 e. The van der Waals surface area contributed by atoms with Gasteiger partial charge < -0.3 is 14.5 Å².